The molecule has 0 unspecified atom stereocenters. The first-order chi connectivity index (χ1) is 17.4. The second kappa shape index (κ2) is 10.4. The molecule has 2 fully saturated rings. The fourth-order valence-corrected chi connectivity index (χ4v) is 5.95. The minimum absolute atomic E-state index is 0.243. The van der Waals surface area contributed by atoms with Gasteiger partial charge in [0.1, 0.15) is 0 Å². The van der Waals surface area contributed by atoms with Crippen molar-refractivity contribution in [1.82, 2.24) is 14.5 Å². The number of nitrogens with zero attached hydrogens (tertiary/aromatic N) is 4. The zero-order valence-electron chi connectivity index (χ0n) is 21.4. The van der Waals surface area contributed by atoms with Gasteiger partial charge in [-0.15, -0.1) is 0 Å². The Kier molecular flexibility index (Phi) is 7.05. The van der Waals surface area contributed by atoms with Crippen molar-refractivity contribution in [2.75, 3.05) is 49.6 Å². The molecule has 3 aromatic rings. The van der Waals surface area contributed by atoms with E-state index in [4.69, 9.17) is 22.2 Å². The molecule has 2 aliphatic rings. The summed E-state index contributed by atoms with van der Waals surface area (Å²) in [5, 5.41) is 0. The third-order valence-corrected chi connectivity index (χ3v) is 8.10. The highest BCUT2D eigenvalue weighted by Crippen LogP contribution is 2.40. The van der Waals surface area contributed by atoms with Crippen LogP contribution in [0.5, 0.6) is 0 Å². The average molecular weight is 490 g/mol. The number of likely N-dealkylation sites (tertiary alicyclic amines) is 1. The number of rotatable bonds is 7. The Morgan fingerprint density at radius 2 is 1.75 bits per heavy atom. The number of anilines is 3. The summed E-state index contributed by atoms with van der Waals surface area (Å²) in [4.78, 5) is 21.7. The number of nitrogen functional groups attached to an aromatic ring is 2. The number of benzene rings is 2. The summed E-state index contributed by atoms with van der Waals surface area (Å²) >= 11 is 0. The first-order valence-electron chi connectivity index (χ1n) is 13.4. The van der Waals surface area contributed by atoms with Crippen molar-refractivity contribution >= 4 is 34.0 Å². The number of carbonyl (C=O) groups excluding carboxylic acids is 1. The van der Waals surface area contributed by atoms with Gasteiger partial charge in [-0.25, -0.2) is 4.98 Å². The van der Waals surface area contributed by atoms with E-state index in [2.05, 4.69) is 32.6 Å². The predicted molar refractivity (Wildman–Crippen MR) is 148 cm³/mol. The number of primary amides is 1. The van der Waals surface area contributed by atoms with Gasteiger partial charge in [0, 0.05) is 31.7 Å². The number of likely N-dealkylation sites (N-methyl/N-ethyl adjacent to an activating group) is 1. The normalized spacial score (nSPS) is 17.5. The summed E-state index contributed by atoms with van der Waals surface area (Å²) < 4.78 is 2.33. The Hall–Kier alpha value is -3.26. The van der Waals surface area contributed by atoms with Crippen LogP contribution < -0.4 is 22.1 Å². The van der Waals surface area contributed by atoms with E-state index >= 15 is 0 Å². The van der Waals surface area contributed by atoms with E-state index in [-0.39, 0.29) is 5.69 Å². The van der Waals surface area contributed by atoms with Crippen LogP contribution in [0.4, 0.5) is 17.1 Å². The highest BCUT2D eigenvalue weighted by atomic mass is 16.1. The molecule has 1 aromatic heterocycles. The molecule has 2 heterocycles. The first-order valence-corrected chi connectivity index (χ1v) is 13.4. The van der Waals surface area contributed by atoms with E-state index in [1.807, 2.05) is 19.4 Å². The van der Waals surface area contributed by atoms with Crippen LogP contribution in [0.2, 0.25) is 0 Å². The molecule has 0 bridgehead atoms. The number of hydrogen-bond acceptors (Lipinski definition) is 6. The Bertz CT molecular complexity index is 1240. The van der Waals surface area contributed by atoms with E-state index in [9.17, 15) is 4.79 Å². The molecule has 8 nitrogen and oxygen atoms in total. The lowest BCUT2D eigenvalue weighted by Crippen LogP contribution is -2.37. The molecular weight excluding hydrogens is 450 g/mol. The highest BCUT2D eigenvalue weighted by molar-refractivity contribution is 6.09. The smallest absolute Gasteiger partial charge is 0.252 e. The fraction of sp³-hybridized carbons (Fsp3) is 0.500. The second-order valence-electron chi connectivity index (χ2n) is 10.5. The standard InChI is InChI=1S/C28H39N7O/c1-33(14-15-34-12-6-3-7-13-34)24-17-21(26(29)27(30)25(24)28(31)36)19-10-11-23-22(16-19)32-18-35(23)20-8-4-2-5-9-20/h10-11,16-18,20H,2-9,12-15,29-30H2,1H3,(H2,31,36). The van der Waals surface area contributed by atoms with E-state index in [0.717, 1.165) is 48.3 Å². The van der Waals surface area contributed by atoms with Gasteiger partial charge in [0.25, 0.3) is 5.91 Å². The number of fused-ring (bicyclic) bond motifs is 1. The van der Waals surface area contributed by atoms with Crippen LogP contribution in [-0.2, 0) is 0 Å². The summed E-state index contributed by atoms with van der Waals surface area (Å²) in [5.74, 6) is -0.563. The van der Waals surface area contributed by atoms with Gasteiger partial charge >= 0.3 is 0 Å². The number of carbonyl (C=O) groups is 1. The Morgan fingerprint density at radius 1 is 1.03 bits per heavy atom. The number of piperidine rings is 1. The van der Waals surface area contributed by atoms with Crippen molar-refractivity contribution in [2.45, 2.75) is 57.4 Å². The van der Waals surface area contributed by atoms with Crippen molar-refractivity contribution in [3.05, 3.63) is 36.2 Å². The zero-order valence-corrected chi connectivity index (χ0v) is 21.4. The lowest BCUT2D eigenvalue weighted by Gasteiger charge is -2.30. The Morgan fingerprint density at radius 3 is 2.47 bits per heavy atom. The summed E-state index contributed by atoms with van der Waals surface area (Å²) in [6, 6.07) is 8.76. The van der Waals surface area contributed by atoms with Gasteiger partial charge in [-0.3, -0.25) is 4.79 Å². The molecule has 2 aromatic carbocycles. The van der Waals surface area contributed by atoms with Gasteiger partial charge < -0.3 is 31.6 Å². The number of aromatic nitrogens is 2. The van der Waals surface area contributed by atoms with Crippen LogP contribution in [0.25, 0.3) is 22.2 Å². The number of imidazole rings is 1. The largest absolute Gasteiger partial charge is 0.397 e. The summed E-state index contributed by atoms with van der Waals surface area (Å²) in [6.07, 6.45) is 12.1. The molecule has 1 saturated heterocycles. The SMILES string of the molecule is CN(CCN1CCCCC1)c1cc(-c2ccc3c(c2)ncn3C2CCCCC2)c(N)c(N)c1C(N)=O. The number of hydrogen-bond donors (Lipinski definition) is 3. The van der Waals surface area contributed by atoms with Gasteiger partial charge in [-0.1, -0.05) is 31.7 Å². The Balaban J connectivity index is 1.48. The quantitative estimate of drug-likeness (QED) is 0.423. The molecule has 1 amide bonds. The Labute approximate surface area is 213 Å². The maximum absolute atomic E-state index is 12.4. The van der Waals surface area contributed by atoms with Crippen LogP contribution >= 0.6 is 0 Å². The lowest BCUT2D eigenvalue weighted by molar-refractivity contribution is 0.100. The second-order valence-corrected chi connectivity index (χ2v) is 10.5. The van der Waals surface area contributed by atoms with Crippen LogP contribution in [0, 0.1) is 0 Å². The monoisotopic (exact) mass is 489 g/mol. The van der Waals surface area contributed by atoms with Crippen LogP contribution in [0.15, 0.2) is 30.6 Å². The fourth-order valence-electron chi connectivity index (χ4n) is 5.95. The van der Waals surface area contributed by atoms with Crippen LogP contribution in [-0.4, -0.2) is 53.6 Å². The summed E-state index contributed by atoms with van der Waals surface area (Å²) in [5.41, 5.74) is 24.1. The average Bonchev–Trinajstić information content (AvgIpc) is 3.33. The molecule has 192 valence electrons. The molecule has 0 radical (unpaired) electrons. The van der Waals surface area contributed by atoms with Crippen molar-refractivity contribution < 1.29 is 4.79 Å². The lowest BCUT2D eigenvalue weighted by atomic mass is 9.95. The number of amides is 1. The van der Waals surface area contributed by atoms with E-state index in [1.165, 1.54) is 51.4 Å². The topological polar surface area (TPSA) is 119 Å². The van der Waals surface area contributed by atoms with Gasteiger partial charge in [-0.2, -0.15) is 0 Å². The highest BCUT2D eigenvalue weighted by Gasteiger charge is 2.23. The van der Waals surface area contributed by atoms with Crippen molar-refractivity contribution in [1.29, 1.82) is 0 Å². The molecule has 6 N–H and O–H groups in total. The predicted octanol–water partition coefficient (Wildman–Crippen LogP) is 4.39. The minimum atomic E-state index is -0.563. The van der Waals surface area contributed by atoms with Gasteiger partial charge in [0.15, 0.2) is 0 Å². The van der Waals surface area contributed by atoms with E-state index < -0.39 is 5.91 Å². The van der Waals surface area contributed by atoms with E-state index in [0.29, 0.717) is 23.0 Å². The molecule has 36 heavy (non-hydrogen) atoms. The van der Waals surface area contributed by atoms with Crippen molar-refractivity contribution in [2.24, 2.45) is 5.73 Å². The summed E-state index contributed by atoms with van der Waals surface area (Å²) in [6.45, 7) is 3.95. The molecule has 1 aliphatic heterocycles. The third kappa shape index (κ3) is 4.74. The molecule has 0 spiro atoms. The molecule has 0 atom stereocenters. The third-order valence-electron chi connectivity index (χ3n) is 8.10. The maximum atomic E-state index is 12.4. The first kappa shape index (κ1) is 24.4. The van der Waals surface area contributed by atoms with Gasteiger partial charge in [-0.05, 0) is 62.5 Å². The van der Waals surface area contributed by atoms with Crippen molar-refractivity contribution in [3.8, 4) is 11.1 Å². The van der Waals surface area contributed by atoms with Crippen molar-refractivity contribution in [3.63, 3.8) is 0 Å². The van der Waals surface area contributed by atoms with Crippen LogP contribution in [0.1, 0.15) is 67.8 Å². The zero-order chi connectivity index (χ0) is 25.2. The number of nitrogens with two attached hydrogens (primary N) is 3. The molecule has 8 heteroatoms. The minimum Gasteiger partial charge on any atom is -0.397 e. The molecular formula is C28H39N7O. The molecule has 5 rings (SSSR count). The van der Waals surface area contributed by atoms with Gasteiger partial charge in [0.2, 0.25) is 0 Å². The maximum Gasteiger partial charge on any atom is 0.252 e. The summed E-state index contributed by atoms with van der Waals surface area (Å²) in [7, 11) is 1.99. The van der Waals surface area contributed by atoms with E-state index in [1.54, 1.807) is 0 Å². The molecule has 1 aliphatic carbocycles. The van der Waals surface area contributed by atoms with Gasteiger partial charge in [0.05, 0.1) is 40.0 Å². The van der Waals surface area contributed by atoms with Crippen LogP contribution in [0.3, 0.4) is 0 Å². The molecule has 1 saturated carbocycles.